The van der Waals surface area contributed by atoms with Crippen molar-refractivity contribution in [3.63, 3.8) is 0 Å². The molecule has 0 bridgehead atoms. The second-order valence-electron chi connectivity index (χ2n) is 7.05. The number of fused-ring (bicyclic) bond motifs is 3. The summed E-state index contributed by atoms with van der Waals surface area (Å²) >= 11 is 0. The lowest BCUT2D eigenvalue weighted by Crippen LogP contribution is -2.28. The summed E-state index contributed by atoms with van der Waals surface area (Å²) in [4.78, 5) is 30.5. The first-order valence-electron chi connectivity index (χ1n) is 9.55. The van der Waals surface area contributed by atoms with Gasteiger partial charge in [0.15, 0.2) is 0 Å². The van der Waals surface area contributed by atoms with E-state index in [9.17, 15) is 14.0 Å². The minimum Gasteiger partial charge on any atom is -0.462 e. The number of hydrogen-bond donors (Lipinski definition) is 1. The lowest BCUT2D eigenvalue weighted by atomic mass is 10.0. The van der Waals surface area contributed by atoms with Gasteiger partial charge in [-0.3, -0.25) is 4.79 Å². The van der Waals surface area contributed by atoms with E-state index in [4.69, 9.17) is 4.74 Å². The summed E-state index contributed by atoms with van der Waals surface area (Å²) in [7, 11) is 0. The SMILES string of the molecule is CCOC(=O)C1=CN(C(=O)c2ccc(C)cc2)CCc2c1[nH]c1ccc(F)cc21. The molecule has 2 heterocycles. The summed E-state index contributed by atoms with van der Waals surface area (Å²) in [6.45, 7) is 4.26. The molecule has 4 rings (SSSR count). The Bertz CT molecular complexity index is 1130. The van der Waals surface area contributed by atoms with Crippen LogP contribution in [0.3, 0.4) is 0 Å². The molecule has 1 aliphatic rings. The van der Waals surface area contributed by atoms with Crippen LogP contribution in [0.1, 0.15) is 34.1 Å². The molecule has 148 valence electrons. The van der Waals surface area contributed by atoms with Crippen LogP contribution in [-0.2, 0) is 16.0 Å². The maximum Gasteiger partial charge on any atom is 0.341 e. The molecule has 1 N–H and O–H groups in total. The van der Waals surface area contributed by atoms with Crippen molar-refractivity contribution in [3.8, 4) is 0 Å². The molecule has 0 saturated heterocycles. The van der Waals surface area contributed by atoms with E-state index in [1.54, 1.807) is 25.1 Å². The zero-order valence-electron chi connectivity index (χ0n) is 16.3. The fourth-order valence-electron chi connectivity index (χ4n) is 3.61. The van der Waals surface area contributed by atoms with Gasteiger partial charge in [-0.25, -0.2) is 9.18 Å². The number of benzene rings is 2. The van der Waals surface area contributed by atoms with Gasteiger partial charge in [-0.15, -0.1) is 0 Å². The number of aryl methyl sites for hydroxylation is 1. The largest absolute Gasteiger partial charge is 0.462 e. The van der Waals surface area contributed by atoms with Crippen LogP contribution in [0, 0.1) is 12.7 Å². The highest BCUT2D eigenvalue weighted by Gasteiger charge is 2.27. The highest BCUT2D eigenvalue weighted by Crippen LogP contribution is 2.32. The summed E-state index contributed by atoms with van der Waals surface area (Å²) in [5.41, 5.74) is 3.97. The molecule has 0 saturated carbocycles. The first-order valence-corrected chi connectivity index (χ1v) is 9.55. The van der Waals surface area contributed by atoms with Crippen molar-refractivity contribution in [1.29, 1.82) is 0 Å². The van der Waals surface area contributed by atoms with Gasteiger partial charge < -0.3 is 14.6 Å². The molecule has 0 spiro atoms. The lowest BCUT2D eigenvalue weighted by molar-refractivity contribution is -0.136. The van der Waals surface area contributed by atoms with Crippen molar-refractivity contribution >= 4 is 28.4 Å². The fourth-order valence-corrected chi connectivity index (χ4v) is 3.61. The Morgan fingerprint density at radius 3 is 2.66 bits per heavy atom. The normalized spacial score (nSPS) is 13.6. The molecule has 0 unspecified atom stereocenters. The van der Waals surface area contributed by atoms with E-state index in [1.165, 1.54) is 23.2 Å². The van der Waals surface area contributed by atoms with Gasteiger partial charge in [-0.05, 0) is 56.2 Å². The van der Waals surface area contributed by atoms with Crippen LogP contribution in [0.4, 0.5) is 4.39 Å². The minimum absolute atomic E-state index is 0.201. The van der Waals surface area contributed by atoms with Crippen LogP contribution in [0.5, 0.6) is 0 Å². The van der Waals surface area contributed by atoms with Gasteiger partial charge in [0, 0.05) is 29.2 Å². The van der Waals surface area contributed by atoms with E-state index in [2.05, 4.69) is 4.98 Å². The zero-order valence-corrected chi connectivity index (χ0v) is 16.3. The van der Waals surface area contributed by atoms with Crippen LogP contribution in [0.2, 0.25) is 0 Å². The molecule has 0 aliphatic carbocycles. The Morgan fingerprint density at radius 2 is 1.93 bits per heavy atom. The molecule has 0 radical (unpaired) electrons. The standard InChI is InChI=1S/C23H21FN2O3/c1-3-29-23(28)19-13-26(22(27)15-6-4-14(2)5-7-15)11-10-17-18-12-16(24)8-9-20(18)25-21(17)19/h4-9,12-13,25H,3,10-11H2,1-2H3. The number of aromatic nitrogens is 1. The number of ether oxygens (including phenoxy) is 1. The van der Waals surface area contributed by atoms with Crippen molar-refractivity contribution in [1.82, 2.24) is 9.88 Å². The number of aromatic amines is 1. The molecular formula is C23H21FN2O3. The van der Waals surface area contributed by atoms with Gasteiger partial charge in [-0.1, -0.05) is 17.7 Å². The summed E-state index contributed by atoms with van der Waals surface area (Å²) in [5.74, 6) is -1.07. The van der Waals surface area contributed by atoms with Gasteiger partial charge in [-0.2, -0.15) is 0 Å². The molecular weight excluding hydrogens is 371 g/mol. The third kappa shape index (κ3) is 3.53. The van der Waals surface area contributed by atoms with Crippen molar-refractivity contribution in [2.45, 2.75) is 20.3 Å². The molecule has 1 aromatic heterocycles. The van der Waals surface area contributed by atoms with Gasteiger partial charge in [0.1, 0.15) is 5.82 Å². The average molecular weight is 392 g/mol. The van der Waals surface area contributed by atoms with Crippen LogP contribution in [0.15, 0.2) is 48.7 Å². The zero-order chi connectivity index (χ0) is 20.5. The number of esters is 1. The number of amides is 1. The van der Waals surface area contributed by atoms with Crippen LogP contribution in [0.25, 0.3) is 16.5 Å². The number of hydrogen-bond acceptors (Lipinski definition) is 3. The average Bonchev–Trinajstić information content (AvgIpc) is 2.94. The number of halogens is 1. The number of nitrogens with one attached hydrogen (secondary N) is 1. The summed E-state index contributed by atoms with van der Waals surface area (Å²) < 4.78 is 19.1. The highest BCUT2D eigenvalue weighted by molar-refractivity contribution is 6.18. The predicted octanol–water partition coefficient (Wildman–Crippen LogP) is 4.22. The Balaban J connectivity index is 1.80. The molecule has 2 aromatic carbocycles. The fraction of sp³-hybridized carbons (Fsp3) is 0.217. The Labute approximate surface area is 167 Å². The second kappa shape index (κ2) is 7.54. The van der Waals surface area contributed by atoms with Gasteiger partial charge in [0.25, 0.3) is 5.91 Å². The van der Waals surface area contributed by atoms with Gasteiger partial charge in [0.2, 0.25) is 0 Å². The Hall–Kier alpha value is -3.41. The molecule has 29 heavy (non-hydrogen) atoms. The molecule has 0 atom stereocenters. The van der Waals surface area contributed by atoms with Crippen molar-refractivity contribution in [2.75, 3.05) is 13.2 Å². The third-order valence-corrected chi connectivity index (χ3v) is 5.08. The van der Waals surface area contributed by atoms with Crippen molar-refractivity contribution < 1.29 is 18.7 Å². The van der Waals surface area contributed by atoms with E-state index in [0.717, 1.165) is 16.6 Å². The number of carbonyl (C=O) groups is 2. The number of rotatable bonds is 3. The molecule has 1 aliphatic heterocycles. The van der Waals surface area contributed by atoms with Gasteiger partial charge in [0.05, 0.1) is 17.9 Å². The van der Waals surface area contributed by atoms with E-state index < -0.39 is 5.97 Å². The first kappa shape index (κ1) is 18.9. The van der Waals surface area contributed by atoms with Crippen molar-refractivity contribution in [2.24, 2.45) is 0 Å². The summed E-state index contributed by atoms with van der Waals surface area (Å²) in [5, 5.41) is 0.708. The van der Waals surface area contributed by atoms with E-state index in [1.807, 2.05) is 19.1 Å². The predicted molar refractivity (Wildman–Crippen MR) is 109 cm³/mol. The lowest BCUT2D eigenvalue weighted by Gasteiger charge is -2.18. The van der Waals surface area contributed by atoms with E-state index in [0.29, 0.717) is 29.6 Å². The second-order valence-corrected chi connectivity index (χ2v) is 7.05. The quantitative estimate of drug-likeness (QED) is 0.679. The maximum atomic E-state index is 13.8. The van der Waals surface area contributed by atoms with Gasteiger partial charge >= 0.3 is 5.97 Å². The van der Waals surface area contributed by atoms with Crippen LogP contribution in [-0.4, -0.2) is 34.9 Å². The number of nitrogens with zero attached hydrogens (tertiary/aromatic N) is 1. The summed E-state index contributed by atoms with van der Waals surface area (Å²) in [6, 6.07) is 11.8. The number of H-pyrrole nitrogens is 1. The molecule has 3 aromatic rings. The van der Waals surface area contributed by atoms with Crippen LogP contribution >= 0.6 is 0 Å². The molecule has 1 amide bonds. The Morgan fingerprint density at radius 1 is 1.17 bits per heavy atom. The smallest absolute Gasteiger partial charge is 0.341 e. The monoisotopic (exact) mass is 392 g/mol. The number of carbonyl (C=O) groups excluding carboxylic acids is 2. The molecule has 5 nitrogen and oxygen atoms in total. The minimum atomic E-state index is -0.524. The molecule has 0 fully saturated rings. The molecule has 6 heteroatoms. The third-order valence-electron chi connectivity index (χ3n) is 5.08. The van der Waals surface area contributed by atoms with E-state index in [-0.39, 0.29) is 23.9 Å². The van der Waals surface area contributed by atoms with Crippen LogP contribution < -0.4 is 0 Å². The maximum absolute atomic E-state index is 13.8. The van der Waals surface area contributed by atoms with Crippen molar-refractivity contribution in [3.05, 3.63) is 76.9 Å². The topological polar surface area (TPSA) is 62.4 Å². The first-order chi connectivity index (χ1) is 14.0. The Kier molecular flexibility index (Phi) is 4.92. The summed E-state index contributed by atoms with van der Waals surface area (Å²) in [6.07, 6.45) is 2.02. The van der Waals surface area contributed by atoms with E-state index >= 15 is 0 Å². The highest BCUT2D eigenvalue weighted by atomic mass is 19.1.